The molecule has 22 heavy (non-hydrogen) atoms. The van der Waals surface area contributed by atoms with Gasteiger partial charge in [-0.2, -0.15) is 0 Å². The number of rotatable bonds is 6. The van der Waals surface area contributed by atoms with Crippen molar-refractivity contribution in [1.82, 2.24) is 15.5 Å². The minimum atomic E-state index is -0.0181. The van der Waals surface area contributed by atoms with E-state index in [-0.39, 0.29) is 12.5 Å². The second kappa shape index (κ2) is 9.10. The molecule has 0 fully saturated rings. The zero-order valence-corrected chi connectivity index (χ0v) is 14.1. The molecule has 0 aliphatic heterocycles. The molecule has 2 N–H and O–H groups in total. The van der Waals surface area contributed by atoms with Crippen molar-refractivity contribution in [2.24, 2.45) is 4.99 Å². The van der Waals surface area contributed by atoms with Crippen molar-refractivity contribution >= 4 is 23.5 Å². The van der Waals surface area contributed by atoms with E-state index in [0.29, 0.717) is 19.0 Å². The summed E-state index contributed by atoms with van der Waals surface area (Å²) in [4.78, 5) is 17.6. The topological polar surface area (TPSA) is 56.7 Å². The standard InChI is InChI=1S/C16H23ClN4O/c1-5-8-18-16(20-11-15(22)21(3)4)19-10-13-6-7-14(17)12(2)9-13/h5-7,9H,1,8,10-11H2,2-4H3,(H2,18,19,20). The third-order valence-electron chi connectivity index (χ3n) is 2.96. The Morgan fingerprint density at radius 2 is 2.14 bits per heavy atom. The first-order valence-corrected chi connectivity index (χ1v) is 7.40. The van der Waals surface area contributed by atoms with Crippen LogP contribution in [0.2, 0.25) is 5.02 Å². The van der Waals surface area contributed by atoms with Crippen LogP contribution in [0.5, 0.6) is 0 Å². The van der Waals surface area contributed by atoms with Gasteiger partial charge in [0.1, 0.15) is 0 Å². The monoisotopic (exact) mass is 322 g/mol. The Morgan fingerprint density at radius 3 is 2.73 bits per heavy atom. The Labute approximate surface area is 137 Å². The Balaban J connectivity index is 2.70. The fraction of sp³-hybridized carbons (Fsp3) is 0.375. The number of halogens is 1. The van der Waals surface area contributed by atoms with Gasteiger partial charge >= 0.3 is 0 Å². The number of carbonyl (C=O) groups excluding carboxylic acids is 1. The molecule has 0 saturated carbocycles. The normalized spacial score (nSPS) is 11.0. The third-order valence-corrected chi connectivity index (χ3v) is 3.39. The van der Waals surface area contributed by atoms with E-state index in [0.717, 1.165) is 16.1 Å². The molecule has 0 spiro atoms. The Hall–Kier alpha value is -2.01. The Morgan fingerprint density at radius 1 is 1.41 bits per heavy atom. The Bertz CT molecular complexity index is 555. The highest BCUT2D eigenvalue weighted by atomic mass is 35.5. The minimum Gasteiger partial charge on any atom is -0.353 e. The van der Waals surface area contributed by atoms with Crippen LogP contribution in [0.25, 0.3) is 0 Å². The molecule has 1 amide bonds. The van der Waals surface area contributed by atoms with E-state index in [1.807, 2.05) is 25.1 Å². The lowest BCUT2D eigenvalue weighted by molar-refractivity contribution is -0.127. The number of carbonyl (C=O) groups is 1. The number of hydrogen-bond acceptors (Lipinski definition) is 2. The van der Waals surface area contributed by atoms with E-state index in [1.165, 1.54) is 4.90 Å². The smallest absolute Gasteiger partial charge is 0.241 e. The molecule has 0 radical (unpaired) electrons. The van der Waals surface area contributed by atoms with Crippen molar-refractivity contribution in [3.63, 3.8) is 0 Å². The maximum Gasteiger partial charge on any atom is 0.241 e. The number of amides is 1. The third kappa shape index (κ3) is 6.18. The highest BCUT2D eigenvalue weighted by Gasteiger charge is 2.05. The van der Waals surface area contributed by atoms with E-state index in [2.05, 4.69) is 22.2 Å². The number of nitrogens with one attached hydrogen (secondary N) is 2. The predicted molar refractivity (Wildman–Crippen MR) is 92.2 cm³/mol. The summed E-state index contributed by atoms with van der Waals surface area (Å²) in [7, 11) is 3.43. The number of aliphatic imine (C=N–C) groups is 1. The van der Waals surface area contributed by atoms with Gasteiger partial charge in [0, 0.05) is 25.7 Å². The van der Waals surface area contributed by atoms with Crippen LogP contribution in [0, 0.1) is 6.92 Å². The first-order chi connectivity index (χ1) is 10.4. The van der Waals surface area contributed by atoms with Gasteiger partial charge in [-0.25, -0.2) is 4.99 Å². The lowest BCUT2D eigenvalue weighted by atomic mass is 10.1. The highest BCUT2D eigenvalue weighted by Crippen LogP contribution is 2.16. The van der Waals surface area contributed by atoms with E-state index in [4.69, 9.17) is 11.6 Å². The second-order valence-corrected chi connectivity index (χ2v) is 5.47. The number of guanidine groups is 1. The van der Waals surface area contributed by atoms with Crippen molar-refractivity contribution in [1.29, 1.82) is 0 Å². The molecule has 1 rings (SSSR count). The summed E-state index contributed by atoms with van der Waals surface area (Å²) in [6.07, 6.45) is 1.73. The molecule has 0 bridgehead atoms. The van der Waals surface area contributed by atoms with Crippen LogP contribution >= 0.6 is 11.6 Å². The highest BCUT2D eigenvalue weighted by molar-refractivity contribution is 6.31. The quantitative estimate of drug-likeness (QED) is 0.478. The van der Waals surface area contributed by atoms with Crippen molar-refractivity contribution in [3.05, 3.63) is 47.0 Å². The number of aryl methyl sites for hydroxylation is 1. The number of benzene rings is 1. The molecule has 0 aliphatic carbocycles. The van der Waals surface area contributed by atoms with E-state index in [9.17, 15) is 4.79 Å². The second-order valence-electron chi connectivity index (χ2n) is 5.06. The van der Waals surface area contributed by atoms with Gasteiger partial charge in [0.05, 0.1) is 13.1 Å². The van der Waals surface area contributed by atoms with E-state index < -0.39 is 0 Å². The van der Waals surface area contributed by atoms with Crippen molar-refractivity contribution in [3.8, 4) is 0 Å². The van der Waals surface area contributed by atoms with Gasteiger partial charge in [-0.1, -0.05) is 29.8 Å². The summed E-state index contributed by atoms with van der Waals surface area (Å²) in [6.45, 7) is 6.88. The van der Waals surface area contributed by atoms with E-state index in [1.54, 1.807) is 20.2 Å². The zero-order valence-electron chi connectivity index (χ0n) is 13.3. The molecular weight excluding hydrogens is 300 g/mol. The van der Waals surface area contributed by atoms with Crippen LogP contribution in [-0.2, 0) is 11.3 Å². The minimum absolute atomic E-state index is 0.0181. The van der Waals surface area contributed by atoms with Gasteiger partial charge in [0.25, 0.3) is 0 Å². The Kier molecular flexibility index (Phi) is 7.46. The van der Waals surface area contributed by atoms with Crippen LogP contribution in [-0.4, -0.2) is 44.0 Å². The van der Waals surface area contributed by atoms with Gasteiger partial charge in [0.15, 0.2) is 5.96 Å². The molecular formula is C16H23ClN4O. The molecule has 0 saturated heterocycles. The molecule has 120 valence electrons. The van der Waals surface area contributed by atoms with Gasteiger partial charge < -0.3 is 15.5 Å². The molecule has 6 heteroatoms. The fourth-order valence-corrected chi connectivity index (χ4v) is 1.75. The molecule has 0 aromatic heterocycles. The van der Waals surface area contributed by atoms with Gasteiger partial charge in [-0.3, -0.25) is 4.79 Å². The van der Waals surface area contributed by atoms with E-state index >= 15 is 0 Å². The summed E-state index contributed by atoms with van der Waals surface area (Å²) in [6, 6.07) is 5.80. The number of likely N-dealkylation sites (N-methyl/N-ethyl adjacent to an activating group) is 1. The average molecular weight is 323 g/mol. The van der Waals surface area contributed by atoms with Crippen LogP contribution in [0.1, 0.15) is 11.1 Å². The molecule has 5 nitrogen and oxygen atoms in total. The molecule has 0 unspecified atom stereocenters. The molecule has 0 heterocycles. The van der Waals surface area contributed by atoms with Gasteiger partial charge in [-0.15, -0.1) is 6.58 Å². The summed E-state index contributed by atoms with van der Waals surface area (Å²) in [5.74, 6) is 0.554. The predicted octanol–water partition coefficient (Wildman–Crippen LogP) is 1.96. The lowest BCUT2D eigenvalue weighted by Gasteiger charge is -2.14. The fourth-order valence-electron chi connectivity index (χ4n) is 1.64. The number of hydrogen-bond donors (Lipinski definition) is 2. The summed E-state index contributed by atoms with van der Waals surface area (Å²) >= 11 is 6.01. The SMILES string of the molecule is C=CCNC(=NCc1ccc(Cl)c(C)c1)NCC(=O)N(C)C. The van der Waals surface area contributed by atoms with Crippen molar-refractivity contribution < 1.29 is 4.79 Å². The summed E-state index contributed by atoms with van der Waals surface area (Å²) < 4.78 is 0. The maximum absolute atomic E-state index is 11.6. The molecule has 0 aliphatic rings. The average Bonchev–Trinajstić information content (AvgIpc) is 2.49. The number of nitrogens with zero attached hydrogens (tertiary/aromatic N) is 2. The van der Waals surface area contributed by atoms with Crippen LogP contribution in [0.3, 0.4) is 0 Å². The first-order valence-electron chi connectivity index (χ1n) is 7.02. The van der Waals surface area contributed by atoms with Crippen molar-refractivity contribution in [2.75, 3.05) is 27.2 Å². The van der Waals surface area contributed by atoms with Crippen molar-refractivity contribution in [2.45, 2.75) is 13.5 Å². The summed E-state index contributed by atoms with van der Waals surface area (Å²) in [5, 5.41) is 6.83. The largest absolute Gasteiger partial charge is 0.353 e. The molecule has 1 aromatic rings. The lowest BCUT2D eigenvalue weighted by Crippen LogP contribution is -2.43. The van der Waals surface area contributed by atoms with Gasteiger partial charge in [0.2, 0.25) is 5.91 Å². The van der Waals surface area contributed by atoms with Crippen LogP contribution in [0.15, 0.2) is 35.8 Å². The summed E-state index contributed by atoms with van der Waals surface area (Å²) in [5.41, 5.74) is 2.08. The zero-order chi connectivity index (χ0) is 16.5. The first kappa shape index (κ1) is 18.0. The molecule has 0 atom stereocenters. The maximum atomic E-state index is 11.6. The van der Waals surface area contributed by atoms with Gasteiger partial charge in [-0.05, 0) is 24.1 Å². The molecule has 1 aromatic carbocycles. The van der Waals surface area contributed by atoms with Crippen LogP contribution in [0.4, 0.5) is 0 Å². The van der Waals surface area contributed by atoms with Crippen LogP contribution < -0.4 is 10.6 Å².